The number of hydrogen-bond donors (Lipinski definition) is 2. The van der Waals surface area contributed by atoms with E-state index < -0.39 is 11.7 Å². The molecule has 0 saturated carbocycles. The summed E-state index contributed by atoms with van der Waals surface area (Å²) in [5.41, 5.74) is 2.14. The van der Waals surface area contributed by atoms with Gasteiger partial charge >= 0.3 is 6.18 Å². The molecular formula is C22H26F3N3O. The van der Waals surface area contributed by atoms with E-state index in [-0.39, 0.29) is 23.8 Å². The molecule has 29 heavy (non-hydrogen) atoms. The first kappa shape index (κ1) is 21.2. The van der Waals surface area contributed by atoms with Gasteiger partial charge in [-0.1, -0.05) is 24.3 Å². The second kappa shape index (κ2) is 8.45. The van der Waals surface area contributed by atoms with Gasteiger partial charge in [0.2, 0.25) is 5.91 Å². The van der Waals surface area contributed by atoms with E-state index >= 15 is 0 Å². The van der Waals surface area contributed by atoms with Crippen molar-refractivity contribution in [2.24, 2.45) is 5.92 Å². The number of anilines is 1. The third-order valence-corrected chi connectivity index (χ3v) is 5.49. The van der Waals surface area contributed by atoms with E-state index in [2.05, 4.69) is 10.6 Å². The molecule has 1 heterocycles. The zero-order valence-electron chi connectivity index (χ0n) is 16.8. The maximum absolute atomic E-state index is 12.9. The van der Waals surface area contributed by atoms with Crippen molar-refractivity contribution in [1.82, 2.24) is 10.6 Å². The summed E-state index contributed by atoms with van der Waals surface area (Å²) in [7, 11) is 3.93. The molecule has 0 radical (unpaired) electrons. The maximum Gasteiger partial charge on any atom is 0.416 e. The van der Waals surface area contributed by atoms with Crippen LogP contribution in [0.1, 0.15) is 35.6 Å². The highest BCUT2D eigenvalue weighted by atomic mass is 19.4. The molecule has 3 rings (SSSR count). The Morgan fingerprint density at radius 2 is 1.69 bits per heavy atom. The van der Waals surface area contributed by atoms with Gasteiger partial charge in [0.15, 0.2) is 0 Å². The van der Waals surface area contributed by atoms with Crippen LogP contribution in [0, 0.1) is 5.92 Å². The van der Waals surface area contributed by atoms with Crippen LogP contribution in [0.25, 0.3) is 0 Å². The Labute approximate surface area is 169 Å². The van der Waals surface area contributed by atoms with Gasteiger partial charge in [-0.05, 0) is 42.3 Å². The normalized spacial score (nSPS) is 20.3. The number of halogens is 3. The van der Waals surface area contributed by atoms with E-state index in [0.29, 0.717) is 13.1 Å². The average Bonchev–Trinajstić information content (AvgIpc) is 3.17. The topological polar surface area (TPSA) is 44.4 Å². The molecule has 7 heteroatoms. The minimum absolute atomic E-state index is 0.0934. The second-order valence-corrected chi connectivity index (χ2v) is 7.71. The van der Waals surface area contributed by atoms with Gasteiger partial charge in [0.1, 0.15) is 0 Å². The van der Waals surface area contributed by atoms with Crippen molar-refractivity contribution in [2.75, 3.05) is 32.1 Å². The van der Waals surface area contributed by atoms with Crippen LogP contribution in [-0.4, -0.2) is 33.1 Å². The van der Waals surface area contributed by atoms with Gasteiger partial charge in [-0.15, -0.1) is 0 Å². The fourth-order valence-electron chi connectivity index (χ4n) is 3.69. The molecule has 0 bridgehead atoms. The van der Waals surface area contributed by atoms with Gasteiger partial charge in [0, 0.05) is 38.8 Å². The van der Waals surface area contributed by atoms with Crippen molar-refractivity contribution in [3.8, 4) is 0 Å². The molecule has 156 valence electrons. The van der Waals surface area contributed by atoms with Crippen molar-refractivity contribution in [3.63, 3.8) is 0 Å². The van der Waals surface area contributed by atoms with Crippen molar-refractivity contribution < 1.29 is 18.0 Å². The van der Waals surface area contributed by atoms with Crippen LogP contribution in [0.5, 0.6) is 0 Å². The molecule has 1 aliphatic rings. The third-order valence-electron chi connectivity index (χ3n) is 5.49. The van der Waals surface area contributed by atoms with Crippen molar-refractivity contribution in [1.29, 1.82) is 0 Å². The first-order chi connectivity index (χ1) is 13.7. The SMILES string of the molecule is CC(NC(=O)C1CNCC1c1ccc(C(F)(F)F)cc1)c1ccc(N(C)C)cc1. The number of amides is 1. The minimum atomic E-state index is -4.36. The van der Waals surface area contributed by atoms with Gasteiger partial charge in [-0.2, -0.15) is 13.2 Å². The molecule has 0 aromatic heterocycles. The van der Waals surface area contributed by atoms with Gasteiger partial charge in [0.25, 0.3) is 0 Å². The summed E-state index contributed by atoms with van der Waals surface area (Å²) < 4.78 is 38.4. The average molecular weight is 405 g/mol. The zero-order chi connectivity index (χ0) is 21.2. The molecule has 1 aliphatic heterocycles. The summed E-state index contributed by atoms with van der Waals surface area (Å²) in [6.45, 7) is 3.00. The van der Waals surface area contributed by atoms with Crippen LogP contribution in [0.15, 0.2) is 48.5 Å². The lowest BCUT2D eigenvalue weighted by atomic mass is 9.87. The Kier molecular flexibility index (Phi) is 6.17. The van der Waals surface area contributed by atoms with Crippen LogP contribution in [-0.2, 0) is 11.0 Å². The number of nitrogens with one attached hydrogen (secondary N) is 2. The second-order valence-electron chi connectivity index (χ2n) is 7.71. The number of rotatable bonds is 5. The third kappa shape index (κ3) is 4.90. The van der Waals surface area contributed by atoms with Crippen LogP contribution in [0.2, 0.25) is 0 Å². The Morgan fingerprint density at radius 3 is 2.24 bits per heavy atom. The Bertz CT molecular complexity index is 832. The lowest BCUT2D eigenvalue weighted by Gasteiger charge is -2.22. The highest BCUT2D eigenvalue weighted by molar-refractivity contribution is 5.81. The molecule has 1 saturated heterocycles. The number of hydrogen-bond acceptors (Lipinski definition) is 3. The van der Waals surface area contributed by atoms with E-state index in [9.17, 15) is 18.0 Å². The lowest BCUT2D eigenvalue weighted by Crippen LogP contribution is -2.36. The van der Waals surface area contributed by atoms with Crippen molar-refractivity contribution >= 4 is 11.6 Å². The molecule has 2 aromatic rings. The van der Waals surface area contributed by atoms with E-state index in [1.165, 1.54) is 12.1 Å². The standard InChI is InChI=1S/C22H26F3N3O/c1-14(15-6-10-18(11-7-15)28(2)3)27-21(29)20-13-26-12-19(20)16-4-8-17(9-5-16)22(23,24)25/h4-11,14,19-20,26H,12-13H2,1-3H3,(H,27,29). The van der Waals surface area contributed by atoms with E-state index in [0.717, 1.165) is 28.9 Å². The summed E-state index contributed by atoms with van der Waals surface area (Å²) in [5, 5.41) is 6.24. The van der Waals surface area contributed by atoms with Gasteiger partial charge in [0.05, 0.1) is 17.5 Å². The first-order valence-corrected chi connectivity index (χ1v) is 9.62. The molecule has 3 unspecified atom stereocenters. The smallest absolute Gasteiger partial charge is 0.378 e. The molecule has 0 spiro atoms. The van der Waals surface area contributed by atoms with Crippen LogP contribution < -0.4 is 15.5 Å². The fraction of sp³-hybridized carbons (Fsp3) is 0.409. The Morgan fingerprint density at radius 1 is 1.07 bits per heavy atom. The molecule has 0 aliphatic carbocycles. The predicted octanol–water partition coefficient (Wildman–Crippen LogP) is 3.95. The summed E-state index contributed by atoms with van der Waals surface area (Å²) in [5.74, 6) is -0.570. The molecular weight excluding hydrogens is 379 g/mol. The zero-order valence-corrected chi connectivity index (χ0v) is 16.8. The number of alkyl halides is 3. The summed E-state index contributed by atoms with van der Waals surface area (Å²) in [6.07, 6.45) is -4.36. The van der Waals surface area contributed by atoms with Crippen LogP contribution >= 0.6 is 0 Å². The quantitative estimate of drug-likeness (QED) is 0.792. The van der Waals surface area contributed by atoms with Crippen molar-refractivity contribution in [3.05, 3.63) is 65.2 Å². The van der Waals surface area contributed by atoms with E-state index in [1.54, 1.807) is 0 Å². The van der Waals surface area contributed by atoms with E-state index in [1.807, 2.05) is 50.2 Å². The molecule has 1 amide bonds. The predicted molar refractivity (Wildman–Crippen MR) is 108 cm³/mol. The highest BCUT2D eigenvalue weighted by Crippen LogP contribution is 2.33. The van der Waals surface area contributed by atoms with Gasteiger partial charge < -0.3 is 15.5 Å². The number of carbonyl (C=O) groups excluding carboxylic acids is 1. The number of benzene rings is 2. The Balaban J connectivity index is 1.68. The minimum Gasteiger partial charge on any atom is -0.378 e. The summed E-state index contributed by atoms with van der Waals surface area (Å²) >= 11 is 0. The van der Waals surface area contributed by atoms with Gasteiger partial charge in [-0.3, -0.25) is 4.79 Å². The Hall–Kier alpha value is -2.54. The van der Waals surface area contributed by atoms with Crippen LogP contribution in [0.4, 0.5) is 18.9 Å². The van der Waals surface area contributed by atoms with Crippen molar-refractivity contribution in [2.45, 2.75) is 25.1 Å². The molecule has 2 aromatic carbocycles. The molecule has 2 N–H and O–H groups in total. The van der Waals surface area contributed by atoms with Gasteiger partial charge in [-0.25, -0.2) is 0 Å². The number of nitrogens with zero attached hydrogens (tertiary/aromatic N) is 1. The molecule has 4 nitrogen and oxygen atoms in total. The lowest BCUT2D eigenvalue weighted by molar-refractivity contribution is -0.137. The monoisotopic (exact) mass is 405 g/mol. The number of carbonyl (C=O) groups is 1. The van der Waals surface area contributed by atoms with E-state index in [4.69, 9.17) is 0 Å². The summed E-state index contributed by atoms with van der Waals surface area (Å²) in [4.78, 5) is 14.9. The first-order valence-electron chi connectivity index (χ1n) is 9.62. The summed E-state index contributed by atoms with van der Waals surface area (Å²) in [6, 6.07) is 12.9. The molecule has 1 fully saturated rings. The highest BCUT2D eigenvalue weighted by Gasteiger charge is 2.35. The molecule has 3 atom stereocenters. The van der Waals surface area contributed by atoms with Crippen LogP contribution in [0.3, 0.4) is 0 Å². The fourth-order valence-corrected chi connectivity index (χ4v) is 3.69. The largest absolute Gasteiger partial charge is 0.416 e. The maximum atomic E-state index is 12.9.